The number of amides is 2. The summed E-state index contributed by atoms with van der Waals surface area (Å²) >= 11 is 3.04. The van der Waals surface area contributed by atoms with Crippen LogP contribution < -0.4 is 10.6 Å². The second-order valence-corrected chi connectivity index (χ2v) is 8.70. The molecule has 1 heterocycles. The van der Waals surface area contributed by atoms with E-state index < -0.39 is 0 Å². The number of anilines is 2. The van der Waals surface area contributed by atoms with Crippen LogP contribution in [0.25, 0.3) is 0 Å². The van der Waals surface area contributed by atoms with Gasteiger partial charge in [-0.05, 0) is 41.8 Å². The van der Waals surface area contributed by atoms with Crippen LogP contribution >= 0.6 is 23.1 Å². The molecule has 0 atom stereocenters. The third-order valence-corrected chi connectivity index (χ3v) is 5.57. The van der Waals surface area contributed by atoms with Crippen molar-refractivity contribution >= 4 is 46.3 Å². The highest BCUT2D eigenvalue weighted by Gasteiger charge is 2.13. The Hall–Kier alpha value is -2.57. The van der Waals surface area contributed by atoms with Gasteiger partial charge in [-0.15, -0.1) is 23.1 Å². The van der Waals surface area contributed by atoms with E-state index in [0.717, 1.165) is 4.90 Å². The van der Waals surface area contributed by atoms with E-state index in [1.54, 1.807) is 42.1 Å². The van der Waals surface area contributed by atoms with Gasteiger partial charge in [0.25, 0.3) is 11.8 Å². The van der Waals surface area contributed by atoms with Crippen LogP contribution in [-0.2, 0) is 0 Å². The largest absolute Gasteiger partial charge is 0.322 e. The first kappa shape index (κ1) is 19.2. The minimum absolute atomic E-state index is 0.160. The highest BCUT2D eigenvalue weighted by atomic mass is 32.2. The molecule has 0 spiro atoms. The summed E-state index contributed by atoms with van der Waals surface area (Å²) in [5.41, 5.74) is 1.91. The Labute approximate surface area is 167 Å². The van der Waals surface area contributed by atoms with Crippen molar-refractivity contribution in [3.63, 3.8) is 0 Å². The van der Waals surface area contributed by atoms with Gasteiger partial charge in [-0.3, -0.25) is 9.59 Å². The Balaban J connectivity index is 1.73. The highest BCUT2D eigenvalue weighted by Crippen LogP contribution is 2.27. The number of carbonyl (C=O) groups excluding carboxylic acids is 2. The first-order valence-electron chi connectivity index (χ1n) is 8.55. The Morgan fingerprint density at radius 2 is 1.59 bits per heavy atom. The number of nitrogens with one attached hydrogen (secondary N) is 2. The molecule has 0 saturated heterocycles. The van der Waals surface area contributed by atoms with E-state index in [1.165, 1.54) is 11.3 Å². The molecule has 3 aromatic rings. The molecule has 0 unspecified atom stereocenters. The van der Waals surface area contributed by atoms with Crippen molar-refractivity contribution in [3.05, 3.63) is 76.5 Å². The summed E-state index contributed by atoms with van der Waals surface area (Å²) in [5.74, 6) is -0.326. The Kier molecular flexibility index (Phi) is 6.32. The molecule has 27 heavy (non-hydrogen) atoms. The van der Waals surface area contributed by atoms with Gasteiger partial charge in [0.1, 0.15) is 0 Å². The fourth-order valence-electron chi connectivity index (χ4n) is 2.48. The monoisotopic (exact) mass is 396 g/mol. The summed E-state index contributed by atoms with van der Waals surface area (Å²) in [7, 11) is 0. The van der Waals surface area contributed by atoms with Crippen molar-refractivity contribution in [2.24, 2.45) is 0 Å². The molecule has 0 bridgehead atoms. The molecule has 0 aliphatic carbocycles. The van der Waals surface area contributed by atoms with Crippen molar-refractivity contribution in [1.82, 2.24) is 0 Å². The fourth-order valence-corrected chi connectivity index (χ4v) is 4.06. The van der Waals surface area contributed by atoms with Gasteiger partial charge in [0, 0.05) is 21.5 Å². The molecule has 138 valence electrons. The van der Waals surface area contributed by atoms with E-state index in [1.807, 2.05) is 35.7 Å². The Bertz CT molecular complexity index is 937. The summed E-state index contributed by atoms with van der Waals surface area (Å²) in [4.78, 5) is 26.5. The molecule has 0 aliphatic rings. The molecule has 0 radical (unpaired) electrons. The van der Waals surface area contributed by atoms with Crippen LogP contribution in [-0.4, -0.2) is 17.1 Å². The molecular formula is C21H20N2O2S2. The first-order valence-corrected chi connectivity index (χ1v) is 10.3. The average molecular weight is 397 g/mol. The lowest BCUT2D eigenvalue weighted by atomic mass is 10.2. The summed E-state index contributed by atoms with van der Waals surface area (Å²) in [6, 6.07) is 18.3. The van der Waals surface area contributed by atoms with E-state index in [9.17, 15) is 9.59 Å². The number of benzene rings is 2. The smallest absolute Gasteiger partial charge is 0.265 e. The van der Waals surface area contributed by atoms with Crippen LogP contribution in [0.3, 0.4) is 0 Å². The van der Waals surface area contributed by atoms with Crippen LogP contribution in [0.2, 0.25) is 0 Å². The standard InChI is InChI=1S/C21H20N2O2S2/c1-14(2)27-18-10-4-3-9-17(18)20(24)22-15-7-5-8-16(13-15)23-21(25)19-11-6-12-26-19/h3-14H,1-2H3,(H,22,24)(H,23,25). The Morgan fingerprint density at radius 3 is 2.26 bits per heavy atom. The van der Waals surface area contributed by atoms with Gasteiger partial charge in [-0.1, -0.05) is 38.1 Å². The van der Waals surface area contributed by atoms with E-state index in [2.05, 4.69) is 24.5 Å². The fraction of sp³-hybridized carbons (Fsp3) is 0.143. The van der Waals surface area contributed by atoms with Gasteiger partial charge in [-0.25, -0.2) is 0 Å². The number of hydrogen-bond acceptors (Lipinski definition) is 4. The van der Waals surface area contributed by atoms with Gasteiger partial charge in [-0.2, -0.15) is 0 Å². The van der Waals surface area contributed by atoms with E-state index in [-0.39, 0.29) is 11.8 Å². The molecule has 1 aromatic heterocycles. The van der Waals surface area contributed by atoms with Crippen molar-refractivity contribution in [3.8, 4) is 0 Å². The molecule has 4 nitrogen and oxygen atoms in total. The highest BCUT2D eigenvalue weighted by molar-refractivity contribution is 8.00. The van der Waals surface area contributed by atoms with Crippen molar-refractivity contribution < 1.29 is 9.59 Å². The van der Waals surface area contributed by atoms with Gasteiger partial charge < -0.3 is 10.6 Å². The summed E-state index contributed by atoms with van der Waals surface area (Å²) in [6.45, 7) is 4.19. The van der Waals surface area contributed by atoms with Crippen LogP contribution in [0.1, 0.15) is 33.9 Å². The quantitative estimate of drug-likeness (QED) is 0.521. The summed E-state index contributed by atoms with van der Waals surface area (Å²) < 4.78 is 0. The third-order valence-electron chi connectivity index (χ3n) is 3.62. The van der Waals surface area contributed by atoms with Crippen LogP contribution in [0, 0.1) is 0 Å². The first-order chi connectivity index (χ1) is 13.0. The van der Waals surface area contributed by atoms with Gasteiger partial charge in [0.05, 0.1) is 10.4 Å². The minimum Gasteiger partial charge on any atom is -0.322 e. The second-order valence-electron chi connectivity index (χ2n) is 6.13. The minimum atomic E-state index is -0.166. The van der Waals surface area contributed by atoms with Crippen LogP contribution in [0.4, 0.5) is 11.4 Å². The zero-order chi connectivity index (χ0) is 19.2. The lowest BCUT2D eigenvalue weighted by Gasteiger charge is -2.12. The number of thiophene rings is 1. The average Bonchev–Trinajstić information content (AvgIpc) is 3.17. The predicted octanol–water partition coefficient (Wildman–Crippen LogP) is 5.75. The maximum absolute atomic E-state index is 12.7. The topological polar surface area (TPSA) is 58.2 Å². The molecule has 0 saturated carbocycles. The van der Waals surface area contributed by atoms with Gasteiger partial charge in [0.2, 0.25) is 0 Å². The van der Waals surface area contributed by atoms with E-state index in [4.69, 9.17) is 0 Å². The molecule has 3 rings (SSSR count). The number of thioether (sulfide) groups is 1. The maximum Gasteiger partial charge on any atom is 0.265 e. The lowest BCUT2D eigenvalue weighted by molar-refractivity contribution is 0.101. The molecule has 6 heteroatoms. The normalized spacial score (nSPS) is 10.6. The van der Waals surface area contributed by atoms with Gasteiger partial charge in [0.15, 0.2) is 0 Å². The third kappa shape index (κ3) is 5.21. The predicted molar refractivity (Wildman–Crippen MR) is 114 cm³/mol. The number of hydrogen-bond donors (Lipinski definition) is 2. The second kappa shape index (κ2) is 8.88. The molecule has 2 aromatic carbocycles. The van der Waals surface area contributed by atoms with Crippen LogP contribution in [0.15, 0.2) is 70.9 Å². The molecular weight excluding hydrogens is 376 g/mol. The molecule has 2 amide bonds. The SMILES string of the molecule is CC(C)Sc1ccccc1C(=O)Nc1cccc(NC(=O)c2cccs2)c1. The lowest BCUT2D eigenvalue weighted by Crippen LogP contribution is -2.14. The maximum atomic E-state index is 12.7. The van der Waals surface area contributed by atoms with E-state index in [0.29, 0.717) is 27.1 Å². The number of carbonyl (C=O) groups is 2. The summed E-state index contributed by atoms with van der Waals surface area (Å²) in [5, 5.41) is 8.01. The Morgan fingerprint density at radius 1 is 0.889 bits per heavy atom. The van der Waals surface area contributed by atoms with Gasteiger partial charge >= 0.3 is 0 Å². The molecule has 0 fully saturated rings. The molecule has 0 aliphatic heterocycles. The van der Waals surface area contributed by atoms with Crippen LogP contribution in [0.5, 0.6) is 0 Å². The molecule has 2 N–H and O–H groups in total. The zero-order valence-electron chi connectivity index (χ0n) is 15.1. The number of rotatable bonds is 6. The van der Waals surface area contributed by atoms with E-state index >= 15 is 0 Å². The van der Waals surface area contributed by atoms with Crippen molar-refractivity contribution in [2.45, 2.75) is 24.0 Å². The zero-order valence-corrected chi connectivity index (χ0v) is 16.7. The summed E-state index contributed by atoms with van der Waals surface area (Å²) in [6.07, 6.45) is 0. The van der Waals surface area contributed by atoms with Crippen molar-refractivity contribution in [2.75, 3.05) is 10.6 Å². The van der Waals surface area contributed by atoms with Crippen molar-refractivity contribution in [1.29, 1.82) is 0 Å².